The van der Waals surface area contributed by atoms with Crippen LogP contribution in [0.1, 0.15) is 290 Å². The number of carbonyl (C=O) groups excluding carboxylic acids is 3. The molecule has 0 aromatic carbocycles. The largest absolute Gasteiger partial charge is 0.462 e. The molecule has 0 aliphatic carbocycles. The first kappa shape index (κ1) is 69.3. The lowest BCUT2D eigenvalue weighted by Gasteiger charge is -2.18. The predicted octanol–water partition coefficient (Wildman–Crippen LogP) is 20.9. The van der Waals surface area contributed by atoms with Gasteiger partial charge in [-0.15, -0.1) is 0 Å². The van der Waals surface area contributed by atoms with Crippen molar-refractivity contribution in [2.24, 2.45) is 0 Å². The van der Waals surface area contributed by atoms with Crippen molar-refractivity contribution in [2.45, 2.75) is 297 Å². The van der Waals surface area contributed by atoms with Crippen LogP contribution in [0, 0.1) is 0 Å². The van der Waals surface area contributed by atoms with Crippen molar-refractivity contribution in [1.82, 2.24) is 0 Å². The summed E-state index contributed by atoms with van der Waals surface area (Å²) in [7, 11) is 0. The number of unbranched alkanes of at least 4 members (excludes halogenated alkanes) is 28. The monoisotopic (exact) mass is 1010 g/mol. The van der Waals surface area contributed by atoms with Crippen molar-refractivity contribution in [3.8, 4) is 0 Å². The number of hydrogen-bond acceptors (Lipinski definition) is 6. The highest BCUT2D eigenvalue weighted by Crippen LogP contribution is 2.15. The normalized spacial score (nSPS) is 12.8. The molecule has 6 heteroatoms. The van der Waals surface area contributed by atoms with Crippen LogP contribution < -0.4 is 0 Å². The van der Waals surface area contributed by atoms with Gasteiger partial charge < -0.3 is 14.2 Å². The molecule has 0 rings (SSSR count). The van der Waals surface area contributed by atoms with E-state index in [1.54, 1.807) is 0 Å². The van der Waals surface area contributed by atoms with Crippen molar-refractivity contribution in [1.29, 1.82) is 0 Å². The summed E-state index contributed by atoms with van der Waals surface area (Å²) in [5.74, 6) is -0.946. The lowest BCUT2D eigenvalue weighted by atomic mass is 10.1. The van der Waals surface area contributed by atoms with Crippen LogP contribution in [-0.2, 0) is 28.6 Å². The van der Waals surface area contributed by atoms with E-state index in [4.69, 9.17) is 14.2 Å². The minimum atomic E-state index is -0.803. The number of esters is 3. The molecule has 1 atom stereocenters. The maximum atomic E-state index is 12.9. The summed E-state index contributed by atoms with van der Waals surface area (Å²) in [5, 5.41) is 0. The van der Waals surface area contributed by atoms with Crippen LogP contribution >= 0.6 is 0 Å². The zero-order valence-electron chi connectivity index (χ0n) is 47.9. The van der Waals surface area contributed by atoms with Crippen molar-refractivity contribution >= 4 is 17.9 Å². The Morgan fingerprint density at radius 2 is 0.493 bits per heavy atom. The zero-order chi connectivity index (χ0) is 52.9. The standard InChI is InChI=1S/C67H114O6/c1-4-7-10-13-16-19-22-25-28-31-33-36-39-42-45-48-51-54-57-60-66(69)72-63-64(62-71-65(68)59-56-53-50-47-44-41-38-35-30-27-24-21-18-15-12-9-6-3)73-67(70)61-58-55-52-49-46-43-40-37-34-32-29-26-23-20-17-14-11-8-5-2/h16,18-19,21,25-30,33,36,38,41-42,45,64H,4-15,17,20,22-24,31-32,34-35,37,39-40,43-44,46-63H2,1-3H3/b19-16+,21-18+,28-25+,29-26+,30-27+,36-33+,41-38+,45-42+/t64-/m1/s1. The Morgan fingerprint density at radius 3 is 0.822 bits per heavy atom. The van der Waals surface area contributed by atoms with E-state index in [1.165, 1.54) is 141 Å². The van der Waals surface area contributed by atoms with Crippen molar-refractivity contribution in [2.75, 3.05) is 13.2 Å². The molecule has 0 fully saturated rings. The Balaban J connectivity index is 4.48. The number of hydrogen-bond donors (Lipinski definition) is 0. The fourth-order valence-electron chi connectivity index (χ4n) is 8.37. The lowest BCUT2D eigenvalue weighted by molar-refractivity contribution is -0.167. The Kier molecular flexibility index (Phi) is 57.8. The van der Waals surface area contributed by atoms with Crippen LogP contribution in [0.5, 0.6) is 0 Å². The van der Waals surface area contributed by atoms with Gasteiger partial charge in [-0.1, -0.05) is 240 Å². The highest BCUT2D eigenvalue weighted by Gasteiger charge is 2.19. The summed E-state index contributed by atoms with van der Waals surface area (Å²) >= 11 is 0. The summed E-state index contributed by atoms with van der Waals surface area (Å²) in [5.41, 5.74) is 0. The summed E-state index contributed by atoms with van der Waals surface area (Å²) in [6.07, 6.45) is 81.1. The van der Waals surface area contributed by atoms with E-state index < -0.39 is 6.10 Å². The van der Waals surface area contributed by atoms with E-state index in [-0.39, 0.29) is 31.1 Å². The second kappa shape index (κ2) is 60.9. The zero-order valence-corrected chi connectivity index (χ0v) is 47.9. The van der Waals surface area contributed by atoms with Crippen LogP contribution in [-0.4, -0.2) is 37.2 Å². The topological polar surface area (TPSA) is 78.9 Å². The summed E-state index contributed by atoms with van der Waals surface area (Å²) < 4.78 is 16.9. The van der Waals surface area contributed by atoms with Gasteiger partial charge in [-0.3, -0.25) is 14.4 Å². The van der Waals surface area contributed by atoms with E-state index in [1.807, 2.05) is 0 Å². The second-order valence-corrected chi connectivity index (χ2v) is 20.2. The quantitative estimate of drug-likeness (QED) is 0.0261. The smallest absolute Gasteiger partial charge is 0.306 e. The van der Waals surface area contributed by atoms with Crippen LogP contribution in [0.25, 0.3) is 0 Å². The Morgan fingerprint density at radius 1 is 0.274 bits per heavy atom. The third-order valence-electron chi connectivity index (χ3n) is 13.0. The highest BCUT2D eigenvalue weighted by molar-refractivity contribution is 5.71. The molecule has 0 N–H and O–H groups in total. The van der Waals surface area contributed by atoms with Gasteiger partial charge >= 0.3 is 17.9 Å². The first-order chi connectivity index (χ1) is 36.0. The summed E-state index contributed by atoms with van der Waals surface area (Å²) in [6, 6.07) is 0. The molecule has 0 saturated heterocycles. The Hall–Kier alpha value is -3.67. The van der Waals surface area contributed by atoms with Gasteiger partial charge in [-0.2, -0.15) is 0 Å². The van der Waals surface area contributed by atoms with Gasteiger partial charge in [-0.05, 0) is 128 Å². The molecule has 73 heavy (non-hydrogen) atoms. The minimum Gasteiger partial charge on any atom is -0.462 e. The first-order valence-electron chi connectivity index (χ1n) is 30.7. The van der Waals surface area contributed by atoms with Crippen LogP contribution in [0.3, 0.4) is 0 Å². The third-order valence-corrected chi connectivity index (χ3v) is 13.0. The lowest BCUT2D eigenvalue weighted by Crippen LogP contribution is -2.30. The average molecular weight is 1020 g/mol. The van der Waals surface area contributed by atoms with Gasteiger partial charge in [0.2, 0.25) is 0 Å². The van der Waals surface area contributed by atoms with Gasteiger partial charge in [-0.25, -0.2) is 0 Å². The molecule has 0 bridgehead atoms. The maximum absolute atomic E-state index is 12.9. The van der Waals surface area contributed by atoms with Crippen molar-refractivity contribution in [3.05, 3.63) is 97.2 Å². The molecule has 0 aromatic rings. The van der Waals surface area contributed by atoms with Crippen LogP contribution in [0.2, 0.25) is 0 Å². The first-order valence-corrected chi connectivity index (χ1v) is 30.7. The van der Waals surface area contributed by atoms with Crippen LogP contribution in [0.15, 0.2) is 97.2 Å². The molecular weight excluding hydrogens is 901 g/mol. The molecule has 0 aromatic heterocycles. The SMILES string of the molecule is CCCCC/C=C/C/C=C/C/C=C/C/C=C/CCCCCC(=O)OC[C@@H](COC(=O)CCCCCC/C=C/C/C=C/C/C=C/CCCCC)OC(=O)CCCCCCCCCCC/C=C/CCCCCCCC. The summed E-state index contributed by atoms with van der Waals surface area (Å²) in [4.78, 5) is 38.3. The molecule has 0 heterocycles. The molecular formula is C67H114O6. The number of allylic oxidation sites excluding steroid dienone is 16. The second-order valence-electron chi connectivity index (χ2n) is 20.2. The Labute approximate surface area is 451 Å². The van der Waals surface area contributed by atoms with Gasteiger partial charge in [0.05, 0.1) is 0 Å². The third kappa shape index (κ3) is 59.1. The van der Waals surface area contributed by atoms with E-state index in [2.05, 4.69) is 118 Å². The highest BCUT2D eigenvalue weighted by atomic mass is 16.6. The fourth-order valence-corrected chi connectivity index (χ4v) is 8.37. The average Bonchev–Trinajstić information content (AvgIpc) is 3.39. The molecule has 0 saturated carbocycles. The van der Waals surface area contributed by atoms with E-state index in [0.717, 1.165) is 109 Å². The maximum Gasteiger partial charge on any atom is 0.306 e. The van der Waals surface area contributed by atoms with Crippen LogP contribution in [0.4, 0.5) is 0 Å². The van der Waals surface area contributed by atoms with Crippen molar-refractivity contribution < 1.29 is 28.6 Å². The molecule has 0 spiro atoms. The van der Waals surface area contributed by atoms with Gasteiger partial charge in [0.1, 0.15) is 13.2 Å². The number of carbonyl (C=O) groups is 3. The predicted molar refractivity (Wildman–Crippen MR) is 316 cm³/mol. The molecule has 418 valence electrons. The molecule has 6 nitrogen and oxygen atoms in total. The molecule has 0 aliphatic heterocycles. The Bertz CT molecular complexity index is 1440. The van der Waals surface area contributed by atoms with Gasteiger partial charge in [0.25, 0.3) is 0 Å². The number of rotatable bonds is 55. The van der Waals surface area contributed by atoms with E-state index in [9.17, 15) is 14.4 Å². The molecule has 0 radical (unpaired) electrons. The molecule has 0 unspecified atom stereocenters. The fraction of sp³-hybridized carbons (Fsp3) is 0.716. The molecule has 0 amide bonds. The van der Waals surface area contributed by atoms with Gasteiger partial charge in [0, 0.05) is 19.3 Å². The van der Waals surface area contributed by atoms with Crippen molar-refractivity contribution in [3.63, 3.8) is 0 Å². The number of ether oxygens (including phenoxy) is 3. The molecule has 0 aliphatic rings. The summed E-state index contributed by atoms with van der Waals surface area (Å²) in [6.45, 7) is 6.55. The van der Waals surface area contributed by atoms with E-state index in [0.29, 0.717) is 19.3 Å². The van der Waals surface area contributed by atoms with Gasteiger partial charge in [0.15, 0.2) is 6.10 Å². The minimum absolute atomic E-state index is 0.100. The van der Waals surface area contributed by atoms with E-state index >= 15 is 0 Å².